The molecule has 7 nitrogen and oxygen atoms in total. The minimum atomic E-state index is -0.0884. The van der Waals surface area contributed by atoms with E-state index in [4.69, 9.17) is 27.2 Å². The molecule has 1 aliphatic rings. The molecule has 1 aromatic carbocycles. The lowest BCUT2D eigenvalue weighted by atomic mass is 10.0. The molecule has 0 aliphatic carbocycles. The largest absolute Gasteiger partial charge is 0.395 e. The van der Waals surface area contributed by atoms with Gasteiger partial charge < -0.3 is 25.8 Å². The Balaban J connectivity index is 1.99. The average molecular weight is 378 g/mol. The van der Waals surface area contributed by atoms with Crippen molar-refractivity contribution in [2.24, 2.45) is 0 Å². The van der Waals surface area contributed by atoms with Crippen LogP contribution >= 0.6 is 11.6 Å². The molecule has 0 bridgehead atoms. The molecule has 26 heavy (non-hydrogen) atoms. The summed E-state index contributed by atoms with van der Waals surface area (Å²) in [5, 5.41) is 12.9. The van der Waals surface area contributed by atoms with Gasteiger partial charge in [-0.3, -0.25) is 0 Å². The highest BCUT2D eigenvalue weighted by molar-refractivity contribution is 6.31. The number of aliphatic hydroxyl groups is 1. The van der Waals surface area contributed by atoms with Crippen LogP contribution in [-0.4, -0.2) is 48.0 Å². The van der Waals surface area contributed by atoms with Crippen LogP contribution in [0.4, 0.5) is 17.5 Å². The smallest absolute Gasteiger partial charge is 0.222 e. The summed E-state index contributed by atoms with van der Waals surface area (Å²) in [6, 6.07) is 7.60. The number of ether oxygens (including phenoxy) is 1. The first-order valence-corrected chi connectivity index (χ1v) is 9.06. The molecule has 1 saturated heterocycles. The topological polar surface area (TPSA) is 96.5 Å². The fraction of sp³-hybridized carbons (Fsp3) is 0.444. The Bertz CT molecular complexity index is 738. The molecule has 8 heteroatoms. The lowest BCUT2D eigenvalue weighted by molar-refractivity contribution is 0.134. The fourth-order valence-electron chi connectivity index (χ4n) is 3.14. The van der Waals surface area contributed by atoms with E-state index < -0.39 is 0 Å². The summed E-state index contributed by atoms with van der Waals surface area (Å²) in [6.07, 6.45) is 0.888. The molecule has 2 heterocycles. The molecule has 0 radical (unpaired) electrons. The zero-order valence-corrected chi connectivity index (χ0v) is 15.5. The van der Waals surface area contributed by atoms with Crippen LogP contribution in [0.15, 0.2) is 24.3 Å². The number of nitrogens with two attached hydrogens (primary N) is 1. The molecular formula is C18H24ClN5O2. The highest BCUT2D eigenvalue weighted by Gasteiger charge is 2.27. The van der Waals surface area contributed by atoms with Crippen LogP contribution in [-0.2, 0) is 4.74 Å². The molecule has 1 fully saturated rings. The van der Waals surface area contributed by atoms with Crippen LogP contribution in [0.3, 0.4) is 0 Å². The van der Waals surface area contributed by atoms with Gasteiger partial charge in [-0.15, -0.1) is 0 Å². The maximum atomic E-state index is 9.04. The van der Waals surface area contributed by atoms with Crippen molar-refractivity contribution < 1.29 is 9.84 Å². The molecule has 0 saturated carbocycles. The zero-order chi connectivity index (χ0) is 18.5. The van der Waals surface area contributed by atoms with Crippen molar-refractivity contribution in [2.45, 2.75) is 19.4 Å². The van der Waals surface area contributed by atoms with Crippen LogP contribution in [0, 0.1) is 6.92 Å². The van der Waals surface area contributed by atoms with Crippen molar-refractivity contribution in [3.63, 3.8) is 0 Å². The number of nitrogens with one attached hydrogen (secondary N) is 1. The molecular weight excluding hydrogens is 354 g/mol. The summed E-state index contributed by atoms with van der Waals surface area (Å²) in [4.78, 5) is 10.8. The van der Waals surface area contributed by atoms with Crippen molar-refractivity contribution in [1.82, 2.24) is 9.97 Å². The Kier molecular flexibility index (Phi) is 6.13. The first-order chi connectivity index (χ1) is 12.6. The quantitative estimate of drug-likeness (QED) is 0.736. The van der Waals surface area contributed by atoms with Crippen molar-refractivity contribution in [1.29, 1.82) is 0 Å². The number of hydrogen-bond donors (Lipinski definition) is 3. The highest BCUT2D eigenvalue weighted by atomic mass is 35.5. The first kappa shape index (κ1) is 18.7. The normalized spacial score (nSPS) is 17.8. The van der Waals surface area contributed by atoms with E-state index in [-0.39, 0.29) is 18.6 Å². The Morgan fingerprint density at radius 3 is 3.00 bits per heavy atom. The summed E-state index contributed by atoms with van der Waals surface area (Å²) in [5.74, 6) is 1.03. The predicted octanol–water partition coefficient (Wildman–Crippen LogP) is 2.39. The molecule has 2 aromatic rings. The van der Waals surface area contributed by atoms with Gasteiger partial charge in [-0.1, -0.05) is 11.6 Å². The average Bonchev–Trinajstić information content (AvgIpc) is 2.86. The van der Waals surface area contributed by atoms with Gasteiger partial charge in [-0.25, -0.2) is 4.98 Å². The van der Waals surface area contributed by atoms with Crippen molar-refractivity contribution >= 4 is 29.1 Å². The molecule has 140 valence electrons. The molecule has 0 spiro atoms. The minimum Gasteiger partial charge on any atom is -0.395 e. The Hall–Kier alpha value is -2.09. The maximum Gasteiger partial charge on any atom is 0.222 e. The van der Waals surface area contributed by atoms with Crippen LogP contribution in [0.25, 0.3) is 0 Å². The number of benzene rings is 1. The SMILES string of the molecule is Cc1cc(N2CCCOC[C@H]2c2cc(NCCO)ccc2Cl)nc(N)n1. The monoisotopic (exact) mass is 377 g/mol. The molecule has 4 N–H and O–H groups in total. The van der Waals surface area contributed by atoms with Gasteiger partial charge in [0.2, 0.25) is 5.95 Å². The highest BCUT2D eigenvalue weighted by Crippen LogP contribution is 2.34. The summed E-state index contributed by atoms with van der Waals surface area (Å²) in [5.41, 5.74) is 8.53. The molecule has 0 unspecified atom stereocenters. The number of aliphatic hydroxyl groups excluding tert-OH is 1. The molecule has 1 atom stereocenters. The van der Waals surface area contributed by atoms with Crippen LogP contribution < -0.4 is 16.0 Å². The lowest BCUT2D eigenvalue weighted by Crippen LogP contribution is -2.32. The van der Waals surface area contributed by atoms with Gasteiger partial charge in [0.15, 0.2) is 0 Å². The molecule has 3 rings (SSSR count). The predicted molar refractivity (Wildman–Crippen MR) is 104 cm³/mol. The van der Waals surface area contributed by atoms with Crippen LogP contribution in [0.1, 0.15) is 23.7 Å². The lowest BCUT2D eigenvalue weighted by Gasteiger charge is -2.31. The van der Waals surface area contributed by atoms with Crippen molar-refractivity contribution in [2.75, 3.05) is 48.9 Å². The van der Waals surface area contributed by atoms with Gasteiger partial charge in [-0.2, -0.15) is 4.98 Å². The summed E-state index contributed by atoms with van der Waals surface area (Å²) >= 11 is 6.52. The van der Waals surface area contributed by atoms with E-state index in [2.05, 4.69) is 20.2 Å². The molecule has 1 aromatic heterocycles. The van der Waals surface area contributed by atoms with E-state index >= 15 is 0 Å². The van der Waals surface area contributed by atoms with Gasteiger partial charge in [0.05, 0.1) is 19.3 Å². The van der Waals surface area contributed by atoms with Gasteiger partial charge in [0, 0.05) is 42.2 Å². The Morgan fingerprint density at radius 2 is 2.23 bits per heavy atom. The van der Waals surface area contributed by atoms with Gasteiger partial charge >= 0.3 is 0 Å². The third-order valence-corrected chi connectivity index (χ3v) is 4.63. The zero-order valence-electron chi connectivity index (χ0n) is 14.8. The minimum absolute atomic E-state index is 0.0656. The number of anilines is 3. The number of rotatable bonds is 5. The number of nitrogen functional groups attached to an aromatic ring is 1. The third kappa shape index (κ3) is 4.35. The summed E-state index contributed by atoms with van der Waals surface area (Å²) in [6.45, 7) is 4.42. The standard InChI is InChI=1S/C18H24ClN5O2/c1-12-9-17(23-18(20)22-12)24-6-2-8-26-11-16(24)14-10-13(21-5-7-25)3-4-15(14)19/h3-4,9-10,16,21,25H,2,5-8,11H2,1H3,(H2,20,22,23)/t16-/m0/s1. The number of aromatic nitrogens is 2. The summed E-state index contributed by atoms with van der Waals surface area (Å²) < 4.78 is 5.81. The van der Waals surface area contributed by atoms with E-state index in [1.54, 1.807) is 0 Å². The molecule has 1 aliphatic heterocycles. The number of aryl methyl sites for hydroxylation is 1. The van der Waals surface area contributed by atoms with E-state index in [9.17, 15) is 0 Å². The van der Waals surface area contributed by atoms with E-state index in [0.29, 0.717) is 24.8 Å². The Morgan fingerprint density at radius 1 is 1.38 bits per heavy atom. The first-order valence-electron chi connectivity index (χ1n) is 8.68. The van der Waals surface area contributed by atoms with Crippen LogP contribution in [0.2, 0.25) is 5.02 Å². The maximum absolute atomic E-state index is 9.04. The second-order valence-corrected chi connectivity index (χ2v) is 6.66. The van der Waals surface area contributed by atoms with Crippen molar-refractivity contribution in [3.8, 4) is 0 Å². The summed E-state index contributed by atoms with van der Waals surface area (Å²) in [7, 11) is 0. The Labute approximate surface area is 158 Å². The second-order valence-electron chi connectivity index (χ2n) is 6.25. The van der Waals surface area contributed by atoms with Gasteiger partial charge in [0.25, 0.3) is 0 Å². The van der Waals surface area contributed by atoms with E-state index in [1.165, 1.54) is 0 Å². The third-order valence-electron chi connectivity index (χ3n) is 4.29. The van der Waals surface area contributed by atoms with Crippen molar-refractivity contribution in [3.05, 3.63) is 40.5 Å². The van der Waals surface area contributed by atoms with E-state index in [1.807, 2.05) is 31.2 Å². The second kappa shape index (κ2) is 8.53. The van der Waals surface area contributed by atoms with Crippen LogP contribution in [0.5, 0.6) is 0 Å². The molecule has 0 amide bonds. The van der Waals surface area contributed by atoms with Gasteiger partial charge in [-0.05, 0) is 37.1 Å². The fourth-order valence-corrected chi connectivity index (χ4v) is 3.38. The van der Waals surface area contributed by atoms with E-state index in [0.717, 1.165) is 35.7 Å². The number of hydrogen-bond acceptors (Lipinski definition) is 7. The van der Waals surface area contributed by atoms with Gasteiger partial charge in [0.1, 0.15) is 5.82 Å². The number of nitrogens with zero attached hydrogens (tertiary/aromatic N) is 3. The number of halogens is 1.